The second-order valence-electron chi connectivity index (χ2n) is 5.10. The fourth-order valence-corrected chi connectivity index (χ4v) is 4.37. The molecule has 7 heteroatoms. The smallest absolute Gasteiger partial charge is 0.152 e. The molecule has 1 atom stereocenters. The average Bonchev–Trinajstić information content (AvgIpc) is 2.57. The zero-order valence-electron chi connectivity index (χ0n) is 10.9. The lowest BCUT2D eigenvalue weighted by atomic mass is 10.0. The van der Waals surface area contributed by atoms with Gasteiger partial charge in [-0.25, -0.2) is 12.8 Å². The van der Waals surface area contributed by atoms with E-state index in [0.29, 0.717) is 12.2 Å². The SMILES string of the molecule is COc1cc(NC2(C)CCS(=O)(=O)C2)c(F)cc1N. The van der Waals surface area contributed by atoms with Crippen molar-refractivity contribution in [3.05, 3.63) is 17.9 Å². The summed E-state index contributed by atoms with van der Waals surface area (Å²) in [5, 5.41) is 2.95. The highest BCUT2D eigenvalue weighted by atomic mass is 32.2. The van der Waals surface area contributed by atoms with Gasteiger partial charge in [0.2, 0.25) is 0 Å². The van der Waals surface area contributed by atoms with Crippen molar-refractivity contribution < 1.29 is 17.5 Å². The minimum absolute atomic E-state index is 0.00781. The lowest BCUT2D eigenvalue weighted by molar-refractivity contribution is 0.416. The van der Waals surface area contributed by atoms with Crippen molar-refractivity contribution in [2.75, 3.05) is 29.7 Å². The van der Waals surface area contributed by atoms with Crippen molar-refractivity contribution >= 4 is 21.2 Å². The number of hydrogen-bond acceptors (Lipinski definition) is 5. The number of sulfone groups is 1. The molecule has 1 aliphatic rings. The summed E-state index contributed by atoms with van der Waals surface area (Å²) in [7, 11) is -1.61. The standard InChI is InChI=1S/C12H17FN2O3S/c1-12(3-4-19(16,17)7-12)15-10-6-11(18-2)9(14)5-8(10)13/h5-6,15H,3-4,7,14H2,1-2H3. The summed E-state index contributed by atoms with van der Waals surface area (Å²) in [5.74, 6) is -0.0618. The maximum Gasteiger partial charge on any atom is 0.152 e. The number of hydrogen-bond donors (Lipinski definition) is 2. The number of halogens is 1. The lowest BCUT2D eigenvalue weighted by Crippen LogP contribution is -2.36. The third kappa shape index (κ3) is 2.91. The van der Waals surface area contributed by atoms with Crippen LogP contribution in [0.1, 0.15) is 13.3 Å². The Morgan fingerprint density at radius 1 is 1.47 bits per heavy atom. The van der Waals surface area contributed by atoms with Crippen LogP contribution in [0.4, 0.5) is 15.8 Å². The van der Waals surface area contributed by atoms with Gasteiger partial charge in [0.15, 0.2) is 9.84 Å². The van der Waals surface area contributed by atoms with Crippen LogP contribution in [-0.2, 0) is 9.84 Å². The van der Waals surface area contributed by atoms with E-state index < -0.39 is 21.2 Å². The molecule has 0 aromatic heterocycles. The first-order chi connectivity index (χ1) is 8.75. The van der Waals surface area contributed by atoms with E-state index in [0.717, 1.165) is 6.07 Å². The Hall–Kier alpha value is -1.50. The van der Waals surface area contributed by atoms with Gasteiger partial charge in [0.05, 0.1) is 30.0 Å². The minimum atomic E-state index is -3.05. The van der Waals surface area contributed by atoms with Crippen LogP contribution in [-0.4, -0.2) is 32.6 Å². The van der Waals surface area contributed by atoms with E-state index in [4.69, 9.17) is 10.5 Å². The predicted octanol–water partition coefficient (Wildman–Crippen LogP) is 1.41. The van der Waals surface area contributed by atoms with Crippen LogP contribution in [0.25, 0.3) is 0 Å². The summed E-state index contributed by atoms with van der Waals surface area (Å²) in [6.07, 6.45) is 0.446. The molecule has 1 aromatic carbocycles. The Kier molecular flexibility index (Phi) is 3.34. The average molecular weight is 288 g/mol. The molecule has 1 fully saturated rings. The molecule has 0 aliphatic carbocycles. The van der Waals surface area contributed by atoms with Crippen LogP contribution >= 0.6 is 0 Å². The van der Waals surface area contributed by atoms with Gasteiger partial charge in [0.25, 0.3) is 0 Å². The van der Waals surface area contributed by atoms with Crippen LogP contribution in [0.3, 0.4) is 0 Å². The summed E-state index contributed by atoms with van der Waals surface area (Å²) in [5.41, 5.74) is 5.33. The molecule has 0 spiro atoms. The molecule has 1 saturated heterocycles. The highest BCUT2D eigenvalue weighted by Gasteiger charge is 2.38. The Labute approximate surface area is 111 Å². The zero-order chi connectivity index (χ0) is 14.3. The van der Waals surface area contributed by atoms with Crippen molar-refractivity contribution in [2.24, 2.45) is 0 Å². The first-order valence-corrected chi connectivity index (χ1v) is 7.68. The van der Waals surface area contributed by atoms with Gasteiger partial charge < -0.3 is 15.8 Å². The Morgan fingerprint density at radius 2 is 2.16 bits per heavy atom. The van der Waals surface area contributed by atoms with Crippen LogP contribution in [0.2, 0.25) is 0 Å². The highest BCUT2D eigenvalue weighted by molar-refractivity contribution is 7.91. The molecule has 1 unspecified atom stereocenters. The van der Waals surface area contributed by atoms with Crippen LogP contribution in [0, 0.1) is 5.82 Å². The maximum atomic E-state index is 13.8. The van der Waals surface area contributed by atoms with E-state index in [1.807, 2.05) is 0 Å². The quantitative estimate of drug-likeness (QED) is 0.822. The van der Waals surface area contributed by atoms with E-state index in [9.17, 15) is 12.8 Å². The van der Waals surface area contributed by atoms with Crippen molar-refractivity contribution in [3.8, 4) is 5.75 Å². The molecular formula is C12H17FN2O3S. The molecule has 0 radical (unpaired) electrons. The van der Waals surface area contributed by atoms with Crippen LogP contribution in [0.5, 0.6) is 5.75 Å². The molecule has 0 saturated carbocycles. The Morgan fingerprint density at radius 3 is 2.68 bits per heavy atom. The summed E-state index contributed by atoms with van der Waals surface area (Å²) in [4.78, 5) is 0. The number of nitrogens with two attached hydrogens (primary N) is 1. The summed E-state index contributed by atoms with van der Waals surface area (Å²) in [6, 6.07) is 2.61. The molecule has 106 valence electrons. The van der Waals surface area contributed by atoms with E-state index in [1.54, 1.807) is 6.92 Å². The molecule has 0 amide bonds. The van der Waals surface area contributed by atoms with E-state index in [1.165, 1.54) is 13.2 Å². The van der Waals surface area contributed by atoms with Crippen molar-refractivity contribution in [1.29, 1.82) is 0 Å². The molecular weight excluding hydrogens is 271 g/mol. The van der Waals surface area contributed by atoms with Gasteiger partial charge in [-0.1, -0.05) is 0 Å². The molecule has 5 nitrogen and oxygen atoms in total. The third-order valence-corrected chi connectivity index (χ3v) is 5.16. The number of nitrogen functional groups attached to an aromatic ring is 1. The molecule has 19 heavy (non-hydrogen) atoms. The fraction of sp³-hybridized carbons (Fsp3) is 0.500. The van der Waals surface area contributed by atoms with Gasteiger partial charge in [-0.15, -0.1) is 0 Å². The van der Waals surface area contributed by atoms with Crippen molar-refractivity contribution in [3.63, 3.8) is 0 Å². The van der Waals surface area contributed by atoms with Crippen LogP contribution in [0.15, 0.2) is 12.1 Å². The van der Waals surface area contributed by atoms with E-state index in [-0.39, 0.29) is 22.9 Å². The van der Waals surface area contributed by atoms with Gasteiger partial charge in [0, 0.05) is 17.7 Å². The normalized spacial score (nSPS) is 25.2. The number of rotatable bonds is 3. The molecule has 1 heterocycles. The summed E-state index contributed by atoms with van der Waals surface area (Å²) < 4.78 is 41.9. The molecule has 0 bridgehead atoms. The number of benzene rings is 1. The largest absolute Gasteiger partial charge is 0.495 e. The Bertz CT molecular complexity index is 603. The third-order valence-electron chi connectivity index (χ3n) is 3.26. The van der Waals surface area contributed by atoms with E-state index in [2.05, 4.69) is 5.32 Å². The lowest BCUT2D eigenvalue weighted by Gasteiger charge is -2.26. The molecule has 1 aliphatic heterocycles. The minimum Gasteiger partial charge on any atom is -0.495 e. The van der Waals surface area contributed by atoms with Gasteiger partial charge in [-0.05, 0) is 13.3 Å². The van der Waals surface area contributed by atoms with Gasteiger partial charge in [-0.2, -0.15) is 0 Å². The topological polar surface area (TPSA) is 81.4 Å². The second-order valence-corrected chi connectivity index (χ2v) is 7.29. The summed E-state index contributed by atoms with van der Waals surface area (Å²) >= 11 is 0. The predicted molar refractivity (Wildman–Crippen MR) is 72.7 cm³/mol. The maximum absolute atomic E-state index is 13.8. The van der Waals surface area contributed by atoms with Gasteiger partial charge in [-0.3, -0.25) is 0 Å². The first-order valence-electron chi connectivity index (χ1n) is 5.86. The highest BCUT2D eigenvalue weighted by Crippen LogP contribution is 2.33. The molecule has 2 rings (SSSR count). The number of anilines is 2. The Balaban J connectivity index is 2.29. The van der Waals surface area contributed by atoms with Crippen molar-refractivity contribution in [1.82, 2.24) is 0 Å². The fourth-order valence-electron chi connectivity index (χ4n) is 2.28. The van der Waals surface area contributed by atoms with Crippen LogP contribution < -0.4 is 15.8 Å². The number of nitrogens with one attached hydrogen (secondary N) is 1. The molecule has 3 N–H and O–H groups in total. The second kappa shape index (κ2) is 4.56. The van der Waals surface area contributed by atoms with Gasteiger partial charge in [0.1, 0.15) is 11.6 Å². The summed E-state index contributed by atoms with van der Waals surface area (Å²) in [6.45, 7) is 1.76. The zero-order valence-corrected chi connectivity index (χ0v) is 11.7. The number of ether oxygens (including phenoxy) is 1. The first kappa shape index (κ1) is 13.9. The number of methoxy groups -OCH3 is 1. The van der Waals surface area contributed by atoms with Crippen molar-refractivity contribution in [2.45, 2.75) is 18.9 Å². The van der Waals surface area contributed by atoms with E-state index >= 15 is 0 Å². The molecule has 1 aromatic rings. The van der Waals surface area contributed by atoms with Gasteiger partial charge >= 0.3 is 0 Å². The monoisotopic (exact) mass is 288 g/mol.